The molecule has 1 aliphatic carbocycles. The summed E-state index contributed by atoms with van der Waals surface area (Å²) in [4.78, 5) is 14.2. The first-order valence-electron chi connectivity index (χ1n) is 8.55. The zero-order chi connectivity index (χ0) is 15.1. The van der Waals surface area contributed by atoms with Crippen LogP contribution in [0.25, 0.3) is 0 Å². The van der Waals surface area contributed by atoms with Crippen LogP contribution in [0.3, 0.4) is 0 Å². The number of likely N-dealkylation sites (tertiary alicyclic amines) is 1. The Bertz CT molecular complexity index is 325. The van der Waals surface area contributed by atoms with Crippen LogP contribution in [0.4, 0.5) is 4.79 Å². The molecule has 2 fully saturated rings. The fourth-order valence-electron chi connectivity index (χ4n) is 3.56. The highest BCUT2D eigenvalue weighted by Crippen LogP contribution is 2.23. The maximum absolute atomic E-state index is 11.8. The topological polar surface area (TPSA) is 64.6 Å². The fraction of sp³-hybridized carbons (Fsp3) is 0.938. The summed E-state index contributed by atoms with van der Waals surface area (Å²) in [7, 11) is 0. The minimum Gasteiger partial charge on any atom is -0.393 e. The lowest BCUT2D eigenvalue weighted by Gasteiger charge is -2.30. The van der Waals surface area contributed by atoms with Crippen LogP contribution in [0, 0.1) is 11.8 Å². The van der Waals surface area contributed by atoms with E-state index in [0.717, 1.165) is 51.2 Å². The molecule has 1 saturated carbocycles. The van der Waals surface area contributed by atoms with Gasteiger partial charge < -0.3 is 20.6 Å². The minimum atomic E-state index is -0.172. The van der Waals surface area contributed by atoms with Crippen LogP contribution >= 0.6 is 0 Å². The molecule has 3 unspecified atom stereocenters. The number of nitrogens with one attached hydrogen (secondary N) is 2. The molecule has 0 radical (unpaired) electrons. The van der Waals surface area contributed by atoms with E-state index in [4.69, 9.17) is 0 Å². The van der Waals surface area contributed by atoms with Gasteiger partial charge in [-0.1, -0.05) is 13.3 Å². The number of carbonyl (C=O) groups is 1. The Morgan fingerprint density at radius 1 is 1.24 bits per heavy atom. The highest BCUT2D eigenvalue weighted by Gasteiger charge is 2.20. The number of rotatable bonds is 5. The number of amides is 2. The summed E-state index contributed by atoms with van der Waals surface area (Å²) >= 11 is 0. The number of aliphatic hydroxyl groups is 1. The third-order valence-electron chi connectivity index (χ3n) is 4.76. The van der Waals surface area contributed by atoms with Crippen molar-refractivity contribution in [2.24, 2.45) is 11.8 Å². The summed E-state index contributed by atoms with van der Waals surface area (Å²) in [5.41, 5.74) is 0. The Labute approximate surface area is 128 Å². The summed E-state index contributed by atoms with van der Waals surface area (Å²) < 4.78 is 0. The number of hydrogen-bond acceptors (Lipinski definition) is 3. The Morgan fingerprint density at radius 3 is 2.86 bits per heavy atom. The van der Waals surface area contributed by atoms with E-state index in [9.17, 15) is 9.90 Å². The van der Waals surface area contributed by atoms with Crippen molar-refractivity contribution in [3.8, 4) is 0 Å². The number of hydrogen-bond donors (Lipinski definition) is 3. The van der Waals surface area contributed by atoms with Gasteiger partial charge in [0, 0.05) is 26.2 Å². The summed E-state index contributed by atoms with van der Waals surface area (Å²) in [6.45, 7) is 6.96. The van der Waals surface area contributed by atoms with Crippen molar-refractivity contribution in [1.82, 2.24) is 15.5 Å². The highest BCUT2D eigenvalue weighted by atomic mass is 16.3. The van der Waals surface area contributed by atoms with Gasteiger partial charge in [-0.15, -0.1) is 0 Å². The van der Waals surface area contributed by atoms with Crippen LogP contribution in [-0.2, 0) is 0 Å². The van der Waals surface area contributed by atoms with E-state index >= 15 is 0 Å². The lowest BCUT2D eigenvalue weighted by molar-refractivity contribution is 0.101. The number of urea groups is 1. The molecule has 1 heterocycles. The van der Waals surface area contributed by atoms with Gasteiger partial charge in [0.1, 0.15) is 0 Å². The lowest BCUT2D eigenvalue weighted by Crippen LogP contribution is -2.44. The third-order valence-corrected chi connectivity index (χ3v) is 4.76. The van der Waals surface area contributed by atoms with Crippen molar-refractivity contribution in [3.05, 3.63) is 0 Å². The number of carbonyl (C=O) groups excluding carboxylic acids is 1. The van der Waals surface area contributed by atoms with Gasteiger partial charge in [-0.2, -0.15) is 0 Å². The lowest BCUT2D eigenvalue weighted by atomic mass is 9.87. The molecule has 0 aromatic heterocycles. The van der Waals surface area contributed by atoms with Crippen molar-refractivity contribution in [1.29, 1.82) is 0 Å². The molecule has 3 atom stereocenters. The Kier molecular flexibility index (Phi) is 6.77. The van der Waals surface area contributed by atoms with Crippen LogP contribution in [-0.4, -0.2) is 54.9 Å². The maximum atomic E-state index is 11.8. The smallest absolute Gasteiger partial charge is 0.314 e. The van der Waals surface area contributed by atoms with Gasteiger partial charge in [0.15, 0.2) is 0 Å². The SMILES string of the molecule is CC1CCCN(CCNC(=O)NCC2CCCC(O)C2)C1. The predicted molar refractivity (Wildman–Crippen MR) is 84.2 cm³/mol. The molecule has 1 aliphatic heterocycles. The molecule has 122 valence electrons. The van der Waals surface area contributed by atoms with Crippen molar-refractivity contribution >= 4 is 6.03 Å². The average molecular weight is 297 g/mol. The first-order chi connectivity index (χ1) is 10.1. The normalized spacial score (nSPS) is 30.9. The second kappa shape index (κ2) is 8.59. The van der Waals surface area contributed by atoms with E-state index in [-0.39, 0.29) is 12.1 Å². The van der Waals surface area contributed by atoms with Gasteiger partial charge in [-0.05, 0) is 50.5 Å². The van der Waals surface area contributed by atoms with Gasteiger partial charge in [-0.3, -0.25) is 0 Å². The molecule has 0 spiro atoms. The second-order valence-electron chi connectivity index (χ2n) is 6.87. The van der Waals surface area contributed by atoms with Crippen molar-refractivity contribution < 1.29 is 9.90 Å². The van der Waals surface area contributed by atoms with Gasteiger partial charge in [0.25, 0.3) is 0 Å². The Balaban J connectivity index is 1.53. The molecule has 21 heavy (non-hydrogen) atoms. The highest BCUT2D eigenvalue weighted by molar-refractivity contribution is 5.73. The van der Waals surface area contributed by atoms with Gasteiger partial charge in [0.05, 0.1) is 6.10 Å². The third kappa shape index (κ3) is 6.22. The first kappa shape index (κ1) is 16.6. The van der Waals surface area contributed by atoms with E-state index in [2.05, 4.69) is 22.5 Å². The summed E-state index contributed by atoms with van der Waals surface area (Å²) in [6, 6.07) is -0.0693. The molecule has 0 aromatic rings. The number of aliphatic hydroxyl groups excluding tert-OH is 1. The molecule has 2 aliphatic rings. The van der Waals surface area contributed by atoms with Crippen LogP contribution in [0.5, 0.6) is 0 Å². The van der Waals surface area contributed by atoms with Crippen molar-refractivity contribution in [3.63, 3.8) is 0 Å². The first-order valence-corrected chi connectivity index (χ1v) is 8.55. The monoisotopic (exact) mass is 297 g/mol. The van der Waals surface area contributed by atoms with E-state index in [1.165, 1.54) is 12.8 Å². The molecule has 0 aromatic carbocycles. The molecule has 1 saturated heterocycles. The van der Waals surface area contributed by atoms with E-state index in [1.807, 2.05) is 0 Å². The quantitative estimate of drug-likeness (QED) is 0.722. The molecule has 0 bridgehead atoms. The molecule has 5 nitrogen and oxygen atoms in total. The van der Waals surface area contributed by atoms with Gasteiger partial charge >= 0.3 is 6.03 Å². The van der Waals surface area contributed by atoms with Crippen molar-refractivity contribution in [2.45, 2.75) is 51.6 Å². The second-order valence-corrected chi connectivity index (χ2v) is 6.87. The van der Waals surface area contributed by atoms with Gasteiger partial charge in [0.2, 0.25) is 0 Å². The van der Waals surface area contributed by atoms with E-state index < -0.39 is 0 Å². The zero-order valence-electron chi connectivity index (χ0n) is 13.3. The van der Waals surface area contributed by atoms with Gasteiger partial charge in [-0.25, -0.2) is 4.79 Å². The van der Waals surface area contributed by atoms with Crippen LogP contribution in [0.2, 0.25) is 0 Å². The number of nitrogens with zero attached hydrogens (tertiary/aromatic N) is 1. The van der Waals surface area contributed by atoms with Crippen LogP contribution in [0.1, 0.15) is 45.4 Å². The Morgan fingerprint density at radius 2 is 2.10 bits per heavy atom. The molecular formula is C16H31N3O2. The number of piperidine rings is 1. The summed E-state index contributed by atoms with van der Waals surface area (Å²) in [5.74, 6) is 1.22. The summed E-state index contributed by atoms with van der Waals surface area (Å²) in [5, 5.41) is 15.5. The largest absolute Gasteiger partial charge is 0.393 e. The standard InChI is InChI=1S/C16H31N3O2/c1-13-4-3-8-19(12-13)9-7-17-16(21)18-11-14-5-2-6-15(20)10-14/h13-15,20H,2-12H2,1H3,(H2,17,18,21). The average Bonchev–Trinajstić information content (AvgIpc) is 2.45. The summed E-state index contributed by atoms with van der Waals surface area (Å²) in [6.07, 6.45) is 6.36. The molecule has 2 amide bonds. The van der Waals surface area contributed by atoms with Crippen LogP contribution in [0.15, 0.2) is 0 Å². The van der Waals surface area contributed by atoms with E-state index in [0.29, 0.717) is 19.0 Å². The van der Waals surface area contributed by atoms with Crippen molar-refractivity contribution in [2.75, 3.05) is 32.7 Å². The zero-order valence-corrected chi connectivity index (χ0v) is 13.3. The molecule has 5 heteroatoms. The minimum absolute atomic E-state index is 0.0693. The Hall–Kier alpha value is -0.810. The maximum Gasteiger partial charge on any atom is 0.314 e. The molecular weight excluding hydrogens is 266 g/mol. The van der Waals surface area contributed by atoms with E-state index in [1.54, 1.807) is 0 Å². The fourth-order valence-corrected chi connectivity index (χ4v) is 3.56. The predicted octanol–water partition coefficient (Wildman–Crippen LogP) is 1.57. The molecule has 2 rings (SSSR count). The molecule has 3 N–H and O–H groups in total. The van der Waals surface area contributed by atoms with Crippen LogP contribution < -0.4 is 10.6 Å².